The van der Waals surface area contributed by atoms with Gasteiger partial charge in [-0.2, -0.15) is 5.10 Å². The number of carbonyl (C=O) groups is 3. The number of hydrogen-bond donors (Lipinski definition) is 3. The van der Waals surface area contributed by atoms with Gasteiger partial charge in [0.2, 0.25) is 0 Å². The van der Waals surface area contributed by atoms with E-state index in [1.807, 2.05) is 25.1 Å². The summed E-state index contributed by atoms with van der Waals surface area (Å²) in [6.07, 6.45) is 1.30. The van der Waals surface area contributed by atoms with Crippen molar-refractivity contribution in [3.05, 3.63) is 76.5 Å². The fourth-order valence-corrected chi connectivity index (χ4v) is 3.46. The van der Waals surface area contributed by atoms with Gasteiger partial charge in [-0.05, 0) is 54.8 Å². The summed E-state index contributed by atoms with van der Waals surface area (Å²) in [4.78, 5) is 36.3. The minimum absolute atomic E-state index is 0.0425. The summed E-state index contributed by atoms with van der Waals surface area (Å²) in [6, 6.07) is 14.3. The molecule has 0 aliphatic rings. The zero-order chi connectivity index (χ0) is 26.2. The summed E-state index contributed by atoms with van der Waals surface area (Å²) in [5, 5.41) is 15.9. The van der Waals surface area contributed by atoms with Gasteiger partial charge in [-0.25, -0.2) is 10.2 Å². The van der Waals surface area contributed by atoms with Gasteiger partial charge in [-0.3, -0.25) is 9.59 Å². The maximum Gasteiger partial charge on any atom is 0.337 e. The summed E-state index contributed by atoms with van der Waals surface area (Å²) in [7, 11) is 0. The fourth-order valence-electron chi connectivity index (χ4n) is 3.26. The van der Waals surface area contributed by atoms with E-state index in [0.717, 1.165) is 5.56 Å². The molecule has 2 amide bonds. The van der Waals surface area contributed by atoms with E-state index in [0.29, 0.717) is 22.8 Å². The first-order valence-corrected chi connectivity index (χ1v) is 11.5. The number of ether oxygens (including phenoxy) is 1. The van der Waals surface area contributed by atoms with Crippen molar-refractivity contribution in [1.29, 1.82) is 0 Å². The highest BCUT2D eigenvalue weighted by Gasteiger charge is 2.24. The van der Waals surface area contributed by atoms with Crippen molar-refractivity contribution in [2.45, 2.75) is 26.8 Å². The molecule has 0 saturated carbocycles. The Morgan fingerprint density at radius 3 is 2.58 bits per heavy atom. The van der Waals surface area contributed by atoms with Crippen LogP contribution in [0.5, 0.6) is 5.75 Å². The molecule has 1 atom stereocenters. The van der Waals surface area contributed by atoms with Crippen LogP contribution in [0.3, 0.4) is 0 Å². The molecule has 0 fully saturated rings. The summed E-state index contributed by atoms with van der Waals surface area (Å²) in [5.74, 6) is -0.954. The summed E-state index contributed by atoms with van der Waals surface area (Å²) < 4.78 is 11.2. The Bertz CT molecular complexity index is 1280. The van der Waals surface area contributed by atoms with E-state index in [4.69, 9.17) is 20.8 Å². The molecule has 3 aromatic rings. The van der Waals surface area contributed by atoms with E-state index in [1.54, 1.807) is 38.1 Å². The average molecular weight is 512 g/mol. The molecule has 0 spiro atoms. The molecule has 1 aromatic heterocycles. The molecule has 0 radical (unpaired) electrons. The molecular weight excluding hydrogens is 486 g/mol. The Labute approximate surface area is 213 Å². The minimum Gasteiger partial charge on any atom is -0.484 e. The van der Waals surface area contributed by atoms with Crippen LogP contribution in [0, 0.1) is 12.8 Å². The first-order valence-electron chi connectivity index (χ1n) is 11.1. The van der Waals surface area contributed by atoms with Crippen molar-refractivity contribution < 1.29 is 28.6 Å². The van der Waals surface area contributed by atoms with E-state index in [1.165, 1.54) is 18.3 Å². The number of carboxylic acids is 1. The Morgan fingerprint density at radius 2 is 1.89 bits per heavy atom. The van der Waals surface area contributed by atoms with E-state index in [9.17, 15) is 19.5 Å². The standard InChI is InChI=1S/C26H26ClN3O6/c1-15(2)24(29-23(31)14-35-21-7-5-4-6-16(21)3)25(32)30-28-13-18-9-11-22(36-18)17-8-10-20(27)19(12-17)26(33)34/h4-13,15,24H,14H2,1-3H3,(H,29,31)(H,30,32)(H,33,34)/b28-13-/t24-/m1/s1. The van der Waals surface area contributed by atoms with E-state index in [2.05, 4.69) is 15.8 Å². The molecule has 10 heteroatoms. The van der Waals surface area contributed by atoms with Crippen molar-refractivity contribution in [1.82, 2.24) is 10.7 Å². The van der Waals surface area contributed by atoms with Gasteiger partial charge < -0.3 is 19.6 Å². The van der Waals surface area contributed by atoms with Crippen LogP contribution in [0.4, 0.5) is 0 Å². The lowest BCUT2D eigenvalue weighted by molar-refractivity contribution is -0.131. The number of hydrazone groups is 1. The van der Waals surface area contributed by atoms with Crippen molar-refractivity contribution in [3.63, 3.8) is 0 Å². The Morgan fingerprint density at radius 1 is 1.14 bits per heavy atom. The lowest BCUT2D eigenvalue weighted by Crippen LogP contribution is -2.49. The van der Waals surface area contributed by atoms with Gasteiger partial charge in [0.15, 0.2) is 6.61 Å². The first kappa shape index (κ1) is 26.5. The van der Waals surface area contributed by atoms with Crippen LogP contribution >= 0.6 is 11.6 Å². The second-order valence-corrected chi connectivity index (χ2v) is 8.69. The van der Waals surface area contributed by atoms with Crippen LogP contribution in [0.25, 0.3) is 11.3 Å². The molecule has 0 aliphatic heterocycles. The molecule has 3 rings (SSSR count). The van der Waals surface area contributed by atoms with Gasteiger partial charge in [0.25, 0.3) is 11.8 Å². The number of halogens is 1. The number of aryl methyl sites for hydroxylation is 1. The predicted molar refractivity (Wildman–Crippen MR) is 135 cm³/mol. The summed E-state index contributed by atoms with van der Waals surface area (Å²) in [5.41, 5.74) is 3.78. The number of amides is 2. The number of furan rings is 1. The molecule has 2 aromatic carbocycles. The maximum absolute atomic E-state index is 12.6. The van der Waals surface area contributed by atoms with Crippen LogP contribution in [-0.4, -0.2) is 41.8 Å². The lowest BCUT2D eigenvalue weighted by Gasteiger charge is -2.20. The van der Waals surface area contributed by atoms with Crippen LogP contribution in [0.15, 0.2) is 64.1 Å². The highest BCUT2D eigenvalue weighted by molar-refractivity contribution is 6.33. The third-order valence-electron chi connectivity index (χ3n) is 5.19. The number of nitrogens with one attached hydrogen (secondary N) is 2. The summed E-state index contributed by atoms with van der Waals surface area (Å²) in [6.45, 7) is 5.24. The number of rotatable bonds is 10. The summed E-state index contributed by atoms with van der Waals surface area (Å²) >= 11 is 5.91. The smallest absolute Gasteiger partial charge is 0.337 e. The monoisotopic (exact) mass is 511 g/mol. The Kier molecular flexibility index (Phi) is 8.86. The molecule has 0 bridgehead atoms. The normalized spacial score (nSPS) is 11.9. The van der Waals surface area contributed by atoms with Crippen LogP contribution < -0.4 is 15.5 Å². The molecule has 36 heavy (non-hydrogen) atoms. The van der Waals surface area contributed by atoms with Crippen molar-refractivity contribution in [3.8, 4) is 17.1 Å². The van der Waals surface area contributed by atoms with E-state index < -0.39 is 23.8 Å². The molecular formula is C26H26ClN3O6. The second-order valence-electron chi connectivity index (χ2n) is 8.28. The van der Waals surface area contributed by atoms with Crippen LogP contribution in [0.2, 0.25) is 5.02 Å². The van der Waals surface area contributed by atoms with Gasteiger partial charge in [0.05, 0.1) is 16.8 Å². The number of hydrogen-bond acceptors (Lipinski definition) is 6. The topological polar surface area (TPSA) is 130 Å². The highest BCUT2D eigenvalue weighted by Crippen LogP contribution is 2.26. The molecule has 0 saturated heterocycles. The van der Waals surface area contributed by atoms with Crippen molar-refractivity contribution in [2.75, 3.05) is 6.61 Å². The van der Waals surface area contributed by atoms with Gasteiger partial charge in [0.1, 0.15) is 23.3 Å². The number of carbonyl (C=O) groups excluding carboxylic acids is 2. The number of nitrogens with zero attached hydrogens (tertiary/aromatic N) is 1. The fraction of sp³-hybridized carbons (Fsp3) is 0.231. The van der Waals surface area contributed by atoms with E-state index >= 15 is 0 Å². The Balaban J connectivity index is 1.58. The second kappa shape index (κ2) is 12.0. The zero-order valence-corrected chi connectivity index (χ0v) is 20.7. The van der Waals surface area contributed by atoms with Gasteiger partial charge in [0, 0.05) is 5.56 Å². The molecule has 0 aliphatic carbocycles. The molecule has 188 valence electrons. The number of benzene rings is 2. The van der Waals surface area contributed by atoms with Gasteiger partial charge in [-0.15, -0.1) is 0 Å². The van der Waals surface area contributed by atoms with Gasteiger partial charge in [-0.1, -0.05) is 43.6 Å². The molecule has 9 nitrogen and oxygen atoms in total. The first-order chi connectivity index (χ1) is 17.2. The lowest BCUT2D eigenvalue weighted by atomic mass is 10.0. The van der Waals surface area contributed by atoms with Crippen LogP contribution in [0.1, 0.15) is 35.5 Å². The molecule has 3 N–H and O–H groups in total. The Hall–Kier alpha value is -4.11. The van der Waals surface area contributed by atoms with Gasteiger partial charge >= 0.3 is 5.97 Å². The van der Waals surface area contributed by atoms with Crippen molar-refractivity contribution in [2.24, 2.45) is 11.0 Å². The quantitative estimate of drug-likeness (QED) is 0.275. The third-order valence-corrected chi connectivity index (χ3v) is 5.52. The molecule has 0 unspecified atom stereocenters. The molecule has 1 heterocycles. The van der Waals surface area contributed by atoms with E-state index in [-0.39, 0.29) is 23.1 Å². The SMILES string of the molecule is Cc1ccccc1OCC(=O)N[C@@H](C(=O)N/N=C\c1ccc(-c2ccc(Cl)c(C(=O)O)c2)o1)C(C)C. The number of para-hydroxylation sites is 1. The highest BCUT2D eigenvalue weighted by atomic mass is 35.5. The average Bonchev–Trinajstić information content (AvgIpc) is 3.30. The predicted octanol–water partition coefficient (Wildman–Crippen LogP) is 4.28. The zero-order valence-electron chi connectivity index (χ0n) is 19.9. The largest absolute Gasteiger partial charge is 0.484 e. The number of carboxylic acid groups (broad SMARTS) is 1. The van der Waals surface area contributed by atoms with Crippen molar-refractivity contribution >= 4 is 35.6 Å². The van der Waals surface area contributed by atoms with Crippen LogP contribution in [-0.2, 0) is 9.59 Å². The maximum atomic E-state index is 12.6. The number of aromatic carboxylic acids is 1. The third kappa shape index (κ3) is 6.96. The minimum atomic E-state index is -1.15.